The first-order chi connectivity index (χ1) is 7.93. The van der Waals surface area contributed by atoms with Gasteiger partial charge in [-0.1, -0.05) is 5.92 Å². The normalized spacial score (nSPS) is 10.8. The molecule has 0 aliphatic rings. The Morgan fingerprint density at radius 1 is 1.53 bits per heavy atom. The van der Waals surface area contributed by atoms with Crippen LogP contribution in [0.4, 0.5) is 0 Å². The van der Waals surface area contributed by atoms with Crippen molar-refractivity contribution in [1.82, 2.24) is 5.32 Å². The van der Waals surface area contributed by atoms with Crippen LogP contribution in [0.25, 0.3) is 0 Å². The zero-order valence-corrected chi connectivity index (χ0v) is 10.6. The number of thiophene rings is 1. The van der Waals surface area contributed by atoms with E-state index in [0.717, 1.165) is 16.2 Å². The Labute approximate surface area is 104 Å². The van der Waals surface area contributed by atoms with E-state index in [4.69, 9.17) is 11.6 Å². The van der Waals surface area contributed by atoms with E-state index in [1.54, 1.807) is 6.07 Å². The molecule has 0 fully saturated rings. The number of nitrogens with two attached hydrogens (primary N) is 1. The Balaban J connectivity index is 2.47. The summed E-state index contributed by atoms with van der Waals surface area (Å²) >= 11 is 1.10. The van der Waals surface area contributed by atoms with Crippen molar-refractivity contribution in [2.75, 3.05) is 6.54 Å². The highest BCUT2D eigenvalue weighted by Crippen LogP contribution is 2.20. The molecule has 0 spiro atoms. The summed E-state index contributed by atoms with van der Waals surface area (Å²) in [5, 5.41) is 7.60. The Bertz CT molecular complexity index is 540. The average molecular weight is 272 g/mol. The Morgan fingerprint density at radius 2 is 2.24 bits per heavy atom. The molecule has 0 radical (unpaired) electrons. The van der Waals surface area contributed by atoms with Crippen LogP contribution in [-0.4, -0.2) is 20.9 Å². The fourth-order valence-corrected chi connectivity index (χ4v) is 2.90. The third kappa shape index (κ3) is 4.56. The summed E-state index contributed by atoms with van der Waals surface area (Å²) in [7, 11) is -3.63. The number of primary sulfonamides is 1. The first-order valence-corrected chi connectivity index (χ1v) is 7.11. The quantitative estimate of drug-likeness (QED) is 0.744. The molecule has 1 amide bonds. The van der Waals surface area contributed by atoms with Crippen LogP contribution in [0.5, 0.6) is 0 Å². The van der Waals surface area contributed by atoms with Crippen molar-refractivity contribution in [3.63, 3.8) is 0 Å². The zero-order chi connectivity index (χ0) is 12.9. The first kappa shape index (κ1) is 13.7. The van der Waals surface area contributed by atoms with Gasteiger partial charge in [-0.2, -0.15) is 0 Å². The predicted molar refractivity (Wildman–Crippen MR) is 65.9 cm³/mol. The van der Waals surface area contributed by atoms with Gasteiger partial charge in [-0.25, -0.2) is 13.6 Å². The Hall–Kier alpha value is -1.36. The molecule has 0 aliphatic heterocycles. The molecule has 0 unspecified atom stereocenters. The van der Waals surface area contributed by atoms with Gasteiger partial charge in [0, 0.05) is 11.4 Å². The molecule has 0 saturated heterocycles. The molecule has 7 heteroatoms. The summed E-state index contributed by atoms with van der Waals surface area (Å²) in [5.74, 6) is 2.02. The van der Waals surface area contributed by atoms with Gasteiger partial charge >= 0.3 is 0 Å². The zero-order valence-electron chi connectivity index (χ0n) is 8.97. The van der Waals surface area contributed by atoms with E-state index in [1.165, 1.54) is 6.07 Å². The predicted octanol–water partition coefficient (Wildman–Crippen LogP) is 0.0775. The van der Waals surface area contributed by atoms with E-state index in [-0.39, 0.29) is 16.5 Å². The van der Waals surface area contributed by atoms with E-state index in [0.29, 0.717) is 13.0 Å². The van der Waals surface area contributed by atoms with E-state index in [2.05, 4.69) is 11.2 Å². The summed E-state index contributed by atoms with van der Waals surface area (Å²) in [5.41, 5.74) is 0. The molecule has 0 atom stereocenters. The third-order valence-electron chi connectivity index (χ3n) is 1.87. The highest BCUT2D eigenvalue weighted by atomic mass is 32.2. The summed E-state index contributed by atoms with van der Waals surface area (Å²) < 4.78 is 22.1. The van der Waals surface area contributed by atoms with Gasteiger partial charge in [-0.3, -0.25) is 4.79 Å². The van der Waals surface area contributed by atoms with Crippen molar-refractivity contribution in [2.24, 2.45) is 5.14 Å². The molecule has 1 heterocycles. The van der Waals surface area contributed by atoms with Gasteiger partial charge in [0.2, 0.25) is 15.9 Å². The van der Waals surface area contributed by atoms with E-state index >= 15 is 0 Å². The number of hydrogen-bond acceptors (Lipinski definition) is 4. The molecule has 3 N–H and O–H groups in total. The fraction of sp³-hybridized carbons (Fsp3) is 0.300. The number of nitrogens with one attached hydrogen (secondary N) is 1. The molecule has 5 nitrogen and oxygen atoms in total. The van der Waals surface area contributed by atoms with Crippen LogP contribution >= 0.6 is 11.3 Å². The lowest BCUT2D eigenvalue weighted by atomic mass is 10.3. The lowest BCUT2D eigenvalue weighted by Crippen LogP contribution is -2.24. The topological polar surface area (TPSA) is 89.3 Å². The summed E-state index contributed by atoms with van der Waals surface area (Å²) in [6.07, 6.45) is 5.57. The van der Waals surface area contributed by atoms with Crippen LogP contribution in [0.15, 0.2) is 16.3 Å². The minimum Gasteiger partial charge on any atom is -0.355 e. The molecule has 1 rings (SSSR count). The number of sulfonamides is 1. The highest BCUT2D eigenvalue weighted by Gasteiger charge is 2.10. The van der Waals surface area contributed by atoms with Crippen LogP contribution in [0.3, 0.4) is 0 Å². The van der Waals surface area contributed by atoms with Crippen molar-refractivity contribution in [3.05, 3.63) is 17.0 Å². The third-order valence-corrected chi connectivity index (χ3v) is 4.46. The molecular formula is C10H12N2O3S2. The van der Waals surface area contributed by atoms with Gasteiger partial charge in [0.25, 0.3) is 0 Å². The van der Waals surface area contributed by atoms with Crippen molar-refractivity contribution >= 4 is 27.3 Å². The van der Waals surface area contributed by atoms with Gasteiger partial charge < -0.3 is 5.32 Å². The van der Waals surface area contributed by atoms with Crippen molar-refractivity contribution in [2.45, 2.75) is 17.1 Å². The molecular weight excluding hydrogens is 260 g/mol. The number of amides is 1. The van der Waals surface area contributed by atoms with Crippen molar-refractivity contribution in [1.29, 1.82) is 0 Å². The van der Waals surface area contributed by atoms with Gasteiger partial charge in [0.15, 0.2) is 0 Å². The second-order valence-electron chi connectivity index (χ2n) is 3.25. The minimum atomic E-state index is -3.63. The molecule has 0 aliphatic carbocycles. The summed E-state index contributed by atoms with van der Waals surface area (Å²) in [4.78, 5) is 11.9. The Kier molecular flexibility index (Phi) is 4.69. The standard InChI is InChI=1S/C10H12N2O3S2/c1-2-3-9(13)12-7-6-8-4-5-10(16-8)17(11,14)15/h1,4-5H,3,6-7H2,(H,12,13)(H2,11,14,15). The van der Waals surface area contributed by atoms with Gasteiger partial charge in [-0.15, -0.1) is 17.8 Å². The van der Waals surface area contributed by atoms with E-state index in [1.807, 2.05) is 0 Å². The lowest BCUT2D eigenvalue weighted by molar-refractivity contribution is -0.120. The summed E-state index contributed by atoms with van der Waals surface area (Å²) in [6, 6.07) is 3.14. The van der Waals surface area contributed by atoms with E-state index < -0.39 is 10.0 Å². The molecule has 0 saturated carbocycles. The second-order valence-corrected chi connectivity index (χ2v) is 6.20. The van der Waals surface area contributed by atoms with Gasteiger partial charge in [0.05, 0.1) is 6.42 Å². The largest absolute Gasteiger partial charge is 0.355 e. The molecule has 1 aromatic rings. The van der Waals surface area contributed by atoms with Crippen LogP contribution in [0.1, 0.15) is 11.3 Å². The maximum atomic E-state index is 11.0. The van der Waals surface area contributed by atoms with Gasteiger partial charge in [0.1, 0.15) is 4.21 Å². The molecule has 0 bridgehead atoms. The number of rotatable bonds is 5. The lowest BCUT2D eigenvalue weighted by Gasteiger charge is -2.00. The van der Waals surface area contributed by atoms with E-state index in [9.17, 15) is 13.2 Å². The van der Waals surface area contributed by atoms with Crippen molar-refractivity contribution in [3.8, 4) is 12.3 Å². The smallest absolute Gasteiger partial charge is 0.247 e. The fourth-order valence-electron chi connectivity index (χ4n) is 1.13. The Morgan fingerprint density at radius 3 is 2.76 bits per heavy atom. The number of carbonyl (C=O) groups excluding carboxylic acids is 1. The highest BCUT2D eigenvalue weighted by molar-refractivity contribution is 7.91. The van der Waals surface area contributed by atoms with Gasteiger partial charge in [-0.05, 0) is 18.6 Å². The summed E-state index contributed by atoms with van der Waals surface area (Å²) in [6.45, 7) is 0.422. The second kappa shape index (κ2) is 5.82. The minimum absolute atomic E-state index is 0.0485. The number of terminal acetylenes is 1. The van der Waals surface area contributed by atoms with Crippen LogP contribution in [-0.2, 0) is 21.2 Å². The monoisotopic (exact) mass is 272 g/mol. The maximum absolute atomic E-state index is 11.0. The molecule has 17 heavy (non-hydrogen) atoms. The molecule has 0 aromatic carbocycles. The van der Waals surface area contributed by atoms with Crippen LogP contribution < -0.4 is 10.5 Å². The van der Waals surface area contributed by atoms with Crippen LogP contribution in [0.2, 0.25) is 0 Å². The first-order valence-electron chi connectivity index (χ1n) is 4.75. The number of hydrogen-bond donors (Lipinski definition) is 2. The average Bonchev–Trinajstić information content (AvgIpc) is 2.66. The maximum Gasteiger partial charge on any atom is 0.247 e. The molecule has 1 aromatic heterocycles. The molecule has 92 valence electrons. The van der Waals surface area contributed by atoms with Crippen LogP contribution in [0, 0.1) is 12.3 Å². The SMILES string of the molecule is C#CCC(=O)NCCc1ccc(S(N)(=O)=O)s1. The number of carbonyl (C=O) groups is 1. The van der Waals surface area contributed by atoms with Crippen molar-refractivity contribution < 1.29 is 13.2 Å².